The number of rotatable bonds is 8. The Kier molecular flexibility index (Phi) is 7.27. The first-order chi connectivity index (χ1) is 15.3. The Bertz CT molecular complexity index is 1210. The van der Waals surface area contributed by atoms with E-state index in [0.29, 0.717) is 16.5 Å². The van der Waals surface area contributed by atoms with Crippen LogP contribution in [0.15, 0.2) is 71.6 Å². The predicted octanol–water partition coefficient (Wildman–Crippen LogP) is 4.50. The smallest absolute Gasteiger partial charge is 0.268 e. The van der Waals surface area contributed by atoms with Crippen molar-refractivity contribution in [2.45, 2.75) is 11.8 Å². The zero-order chi connectivity index (χ0) is 23.3. The second-order valence-corrected chi connectivity index (χ2v) is 9.16. The number of carbonyl (C=O) groups is 1. The first-order valence-electron chi connectivity index (χ1n) is 9.62. The van der Waals surface area contributed by atoms with E-state index < -0.39 is 22.5 Å². The molecule has 0 aliphatic rings. The highest BCUT2D eigenvalue weighted by molar-refractivity contribution is 7.93. The van der Waals surface area contributed by atoms with Gasteiger partial charge in [0, 0.05) is 5.02 Å². The lowest BCUT2D eigenvalue weighted by Gasteiger charge is -2.25. The second-order valence-electron chi connectivity index (χ2n) is 6.89. The highest BCUT2D eigenvalue weighted by atomic mass is 35.5. The minimum atomic E-state index is -4.16. The summed E-state index contributed by atoms with van der Waals surface area (Å²) in [5.74, 6) is 0.0986. The van der Waals surface area contributed by atoms with Crippen LogP contribution in [0, 0.1) is 6.92 Å². The van der Waals surface area contributed by atoms with Crippen molar-refractivity contribution in [3.63, 3.8) is 0 Å². The largest absolute Gasteiger partial charge is 0.495 e. The van der Waals surface area contributed by atoms with Crippen molar-refractivity contribution >= 4 is 38.9 Å². The Morgan fingerprint density at radius 1 is 0.969 bits per heavy atom. The van der Waals surface area contributed by atoms with Crippen molar-refractivity contribution in [3.8, 4) is 11.5 Å². The summed E-state index contributed by atoms with van der Waals surface area (Å²) in [7, 11) is -1.28. The molecular weight excluding hydrogens is 452 g/mol. The molecule has 32 heavy (non-hydrogen) atoms. The first-order valence-corrected chi connectivity index (χ1v) is 11.4. The third-order valence-corrected chi connectivity index (χ3v) is 6.72. The van der Waals surface area contributed by atoms with E-state index in [1.165, 1.54) is 20.3 Å². The number of methoxy groups -OCH3 is 2. The summed E-state index contributed by atoms with van der Waals surface area (Å²) < 4.78 is 38.9. The molecule has 1 amide bonds. The number of aryl methyl sites for hydroxylation is 1. The van der Waals surface area contributed by atoms with E-state index in [4.69, 9.17) is 21.1 Å². The van der Waals surface area contributed by atoms with Crippen molar-refractivity contribution in [1.29, 1.82) is 0 Å². The zero-order valence-electron chi connectivity index (χ0n) is 17.8. The van der Waals surface area contributed by atoms with Gasteiger partial charge in [-0.2, -0.15) is 0 Å². The summed E-state index contributed by atoms with van der Waals surface area (Å²) in [5, 5.41) is 3.15. The molecule has 0 spiro atoms. The SMILES string of the molecule is COc1ccccc1NC(=O)CN(c1ccc(Cl)cc1)S(=O)(=O)c1cc(C)ccc1OC. The molecule has 3 rings (SSSR count). The van der Waals surface area contributed by atoms with Crippen LogP contribution in [0.1, 0.15) is 5.56 Å². The molecule has 0 saturated carbocycles. The van der Waals surface area contributed by atoms with Crippen molar-refractivity contribution in [3.05, 3.63) is 77.3 Å². The van der Waals surface area contributed by atoms with Gasteiger partial charge in [0.15, 0.2) is 0 Å². The van der Waals surface area contributed by atoms with Gasteiger partial charge in [0.25, 0.3) is 10.0 Å². The molecule has 0 unspecified atom stereocenters. The fourth-order valence-electron chi connectivity index (χ4n) is 3.09. The fourth-order valence-corrected chi connectivity index (χ4v) is 4.89. The van der Waals surface area contributed by atoms with Crippen LogP contribution in [0.3, 0.4) is 0 Å². The molecule has 0 aliphatic carbocycles. The average molecular weight is 475 g/mol. The number of sulfonamides is 1. The summed E-state index contributed by atoms with van der Waals surface area (Å²) in [5.41, 5.74) is 1.45. The molecule has 0 heterocycles. The minimum Gasteiger partial charge on any atom is -0.495 e. The normalized spacial score (nSPS) is 11.0. The van der Waals surface area contributed by atoms with Crippen LogP contribution in [0.5, 0.6) is 11.5 Å². The van der Waals surface area contributed by atoms with Crippen LogP contribution in [-0.4, -0.2) is 35.1 Å². The number of halogens is 1. The van der Waals surface area contributed by atoms with E-state index in [1.807, 2.05) is 0 Å². The molecule has 3 aromatic rings. The third-order valence-electron chi connectivity index (χ3n) is 4.67. The fraction of sp³-hybridized carbons (Fsp3) is 0.174. The van der Waals surface area contributed by atoms with E-state index in [9.17, 15) is 13.2 Å². The molecule has 1 N–H and O–H groups in total. The Hall–Kier alpha value is -3.23. The average Bonchev–Trinajstić information content (AvgIpc) is 2.78. The second kappa shape index (κ2) is 9.93. The monoisotopic (exact) mass is 474 g/mol. The molecule has 0 atom stereocenters. The molecule has 7 nitrogen and oxygen atoms in total. The van der Waals surface area contributed by atoms with Crippen LogP contribution in [0.25, 0.3) is 0 Å². The first kappa shape index (κ1) is 23.4. The van der Waals surface area contributed by atoms with Gasteiger partial charge in [-0.1, -0.05) is 29.8 Å². The van der Waals surface area contributed by atoms with Gasteiger partial charge in [0.2, 0.25) is 5.91 Å². The van der Waals surface area contributed by atoms with E-state index >= 15 is 0 Å². The molecule has 168 valence electrons. The van der Waals surface area contributed by atoms with E-state index in [2.05, 4.69) is 5.32 Å². The van der Waals surface area contributed by atoms with E-state index in [-0.39, 0.29) is 16.3 Å². The van der Waals surface area contributed by atoms with E-state index in [0.717, 1.165) is 9.87 Å². The minimum absolute atomic E-state index is 0.0416. The van der Waals surface area contributed by atoms with Gasteiger partial charge in [-0.25, -0.2) is 8.42 Å². The lowest BCUT2D eigenvalue weighted by atomic mass is 10.2. The number of hydrogen-bond donors (Lipinski definition) is 1. The topological polar surface area (TPSA) is 84.9 Å². The number of carbonyl (C=O) groups excluding carboxylic acids is 1. The molecule has 0 radical (unpaired) electrons. The number of benzene rings is 3. The number of nitrogens with zero attached hydrogens (tertiary/aromatic N) is 1. The standard InChI is InChI=1S/C23H23ClN2O5S/c1-16-8-13-21(31-3)22(14-16)32(28,29)26(18-11-9-17(24)10-12-18)15-23(27)25-19-6-4-5-7-20(19)30-2/h4-14H,15H2,1-3H3,(H,25,27). The summed E-state index contributed by atoms with van der Waals surface area (Å²) in [4.78, 5) is 12.9. The lowest BCUT2D eigenvalue weighted by molar-refractivity contribution is -0.114. The molecule has 0 bridgehead atoms. The Labute approximate surface area is 192 Å². The quantitative estimate of drug-likeness (QED) is 0.519. The molecule has 9 heteroatoms. The van der Waals surface area contributed by atoms with Gasteiger partial charge in [-0.15, -0.1) is 0 Å². The van der Waals surface area contributed by atoms with Crippen molar-refractivity contribution < 1.29 is 22.7 Å². The van der Waals surface area contributed by atoms with Crippen LogP contribution >= 0.6 is 11.6 Å². The summed E-state index contributed by atoms with van der Waals surface area (Å²) >= 11 is 5.98. The Morgan fingerprint density at radius 3 is 2.28 bits per heavy atom. The number of hydrogen-bond acceptors (Lipinski definition) is 5. The molecule has 0 aromatic heterocycles. The van der Waals surface area contributed by atoms with Crippen molar-refractivity contribution in [1.82, 2.24) is 0 Å². The lowest BCUT2D eigenvalue weighted by Crippen LogP contribution is -2.38. The zero-order valence-corrected chi connectivity index (χ0v) is 19.4. The Morgan fingerprint density at radius 2 is 1.62 bits per heavy atom. The van der Waals surface area contributed by atoms with Gasteiger partial charge in [-0.3, -0.25) is 9.10 Å². The van der Waals surface area contributed by atoms with Crippen LogP contribution in [0.2, 0.25) is 5.02 Å². The maximum Gasteiger partial charge on any atom is 0.268 e. The number of anilines is 2. The van der Waals surface area contributed by atoms with Crippen molar-refractivity contribution in [2.24, 2.45) is 0 Å². The number of amides is 1. The van der Waals surface area contributed by atoms with Gasteiger partial charge in [-0.05, 0) is 61.0 Å². The number of ether oxygens (including phenoxy) is 2. The van der Waals surface area contributed by atoms with Crippen molar-refractivity contribution in [2.75, 3.05) is 30.4 Å². The van der Waals surface area contributed by atoms with Crippen LogP contribution in [-0.2, 0) is 14.8 Å². The third kappa shape index (κ3) is 5.15. The van der Waals surface area contributed by atoms with Crippen LogP contribution < -0.4 is 19.1 Å². The maximum atomic E-state index is 13.7. The molecule has 3 aromatic carbocycles. The van der Waals surface area contributed by atoms with Gasteiger partial charge in [0.1, 0.15) is 22.9 Å². The maximum absolute atomic E-state index is 13.7. The highest BCUT2D eigenvalue weighted by Gasteiger charge is 2.30. The van der Waals surface area contributed by atoms with Gasteiger partial charge < -0.3 is 14.8 Å². The highest BCUT2D eigenvalue weighted by Crippen LogP contribution is 2.31. The van der Waals surface area contributed by atoms with Gasteiger partial charge in [0.05, 0.1) is 25.6 Å². The molecular formula is C23H23ClN2O5S. The Balaban J connectivity index is 2.02. The van der Waals surface area contributed by atoms with Crippen LogP contribution in [0.4, 0.5) is 11.4 Å². The molecule has 0 aliphatic heterocycles. The number of para-hydroxylation sites is 2. The number of nitrogens with one attached hydrogen (secondary N) is 1. The summed E-state index contributed by atoms with van der Waals surface area (Å²) in [6.07, 6.45) is 0. The van der Waals surface area contributed by atoms with Gasteiger partial charge >= 0.3 is 0 Å². The summed E-state index contributed by atoms with van der Waals surface area (Å²) in [6, 6.07) is 17.9. The predicted molar refractivity (Wildman–Crippen MR) is 125 cm³/mol. The van der Waals surface area contributed by atoms with E-state index in [1.54, 1.807) is 67.6 Å². The summed E-state index contributed by atoms with van der Waals surface area (Å²) in [6.45, 7) is 1.30. The molecule has 0 saturated heterocycles. The molecule has 0 fully saturated rings.